The average molecular weight is 418 g/mol. The van der Waals surface area contributed by atoms with Crippen LogP contribution >= 0.6 is 0 Å². The first kappa shape index (κ1) is 19.8. The van der Waals surface area contributed by atoms with Crippen molar-refractivity contribution < 1.29 is 17.5 Å². The Morgan fingerprint density at radius 2 is 2.10 bits per heavy atom. The number of aromatic nitrogens is 3. The molecule has 1 aliphatic rings. The van der Waals surface area contributed by atoms with Gasteiger partial charge in [-0.1, -0.05) is 0 Å². The van der Waals surface area contributed by atoms with Crippen LogP contribution in [0.1, 0.15) is 31.5 Å². The van der Waals surface area contributed by atoms with Gasteiger partial charge in [0.15, 0.2) is 11.5 Å². The molecule has 0 unspecified atom stereocenters. The van der Waals surface area contributed by atoms with Crippen LogP contribution in [0.3, 0.4) is 0 Å². The minimum atomic E-state index is -3.23. The summed E-state index contributed by atoms with van der Waals surface area (Å²) in [6, 6.07) is 8.03. The molecule has 1 aliphatic heterocycles. The second-order valence-electron chi connectivity index (χ2n) is 7.13. The number of pyridine rings is 1. The Bertz CT molecular complexity index is 1150. The second-order valence-corrected chi connectivity index (χ2v) is 9.39. The van der Waals surface area contributed by atoms with Crippen molar-refractivity contribution in [2.24, 2.45) is 0 Å². The maximum atomic E-state index is 13.7. The van der Waals surface area contributed by atoms with Crippen LogP contribution in [0.2, 0.25) is 0 Å². The van der Waals surface area contributed by atoms with Crippen molar-refractivity contribution in [1.29, 1.82) is 0 Å². The van der Waals surface area contributed by atoms with Crippen LogP contribution in [0.5, 0.6) is 5.75 Å². The van der Waals surface area contributed by atoms with E-state index in [0.717, 1.165) is 18.4 Å². The molecule has 1 atom stereocenters. The molecule has 4 rings (SSSR count). The molecule has 1 saturated heterocycles. The highest BCUT2D eigenvalue weighted by Gasteiger charge is 2.30. The van der Waals surface area contributed by atoms with Crippen molar-refractivity contribution in [2.75, 3.05) is 26.0 Å². The van der Waals surface area contributed by atoms with E-state index >= 15 is 0 Å². The minimum Gasteiger partial charge on any atom is -0.496 e. The average Bonchev–Trinajstić information content (AvgIpc) is 3.17. The van der Waals surface area contributed by atoms with Gasteiger partial charge in [0.05, 0.1) is 12.9 Å². The molecule has 0 spiro atoms. The number of nitrogens with zero attached hydrogens (tertiary/aromatic N) is 4. The highest BCUT2D eigenvalue weighted by atomic mass is 32.2. The van der Waals surface area contributed by atoms with Gasteiger partial charge in [-0.25, -0.2) is 26.6 Å². The molecule has 154 valence electrons. The topological polar surface area (TPSA) is 76.8 Å². The normalized spacial score (nSPS) is 18.2. The van der Waals surface area contributed by atoms with Crippen LogP contribution < -0.4 is 4.74 Å². The predicted octanol–water partition coefficient (Wildman–Crippen LogP) is 3.07. The largest absolute Gasteiger partial charge is 0.496 e. The number of sulfonamides is 1. The molecule has 0 aliphatic carbocycles. The molecule has 3 heterocycles. The van der Waals surface area contributed by atoms with E-state index in [1.807, 2.05) is 12.1 Å². The molecule has 1 fully saturated rings. The maximum absolute atomic E-state index is 13.7. The lowest BCUT2D eigenvalue weighted by Crippen LogP contribution is -2.40. The van der Waals surface area contributed by atoms with Crippen molar-refractivity contribution in [3.8, 4) is 16.9 Å². The molecule has 29 heavy (non-hydrogen) atoms. The van der Waals surface area contributed by atoms with Gasteiger partial charge in [0.2, 0.25) is 10.0 Å². The van der Waals surface area contributed by atoms with E-state index < -0.39 is 10.0 Å². The van der Waals surface area contributed by atoms with Crippen molar-refractivity contribution >= 4 is 15.7 Å². The third-order valence-corrected chi connectivity index (χ3v) is 7.18. The molecule has 7 nitrogen and oxygen atoms in total. The number of hydrogen-bond acceptors (Lipinski definition) is 5. The molecular weight excluding hydrogens is 395 g/mol. The van der Waals surface area contributed by atoms with Crippen LogP contribution in [0, 0.1) is 5.82 Å². The zero-order valence-corrected chi connectivity index (χ0v) is 17.2. The number of methoxy groups -OCH3 is 1. The Labute approximate surface area is 169 Å². The lowest BCUT2D eigenvalue weighted by atomic mass is 9.99. The predicted molar refractivity (Wildman–Crippen MR) is 108 cm³/mol. The summed E-state index contributed by atoms with van der Waals surface area (Å²) in [7, 11) is -1.68. The molecule has 0 bridgehead atoms. The van der Waals surface area contributed by atoms with Crippen LogP contribution in [0.15, 0.2) is 36.5 Å². The number of piperidine rings is 1. The Balaban J connectivity index is 1.67. The molecule has 2 aromatic heterocycles. The lowest BCUT2D eigenvalue weighted by Gasteiger charge is -2.30. The van der Waals surface area contributed by atoms with E-state index in [4.69, 9.17) is 4.74 Å². The SMILES string of the molecule is CCS(=O)(=O)N1CCC[C@@H](c2nc3ccc(-c4cc(F)ccc4OC)cn3n2)C1. The fourth-order valence-electron chi connectivity index (χ4n) is 3.73. The van der Waals surface area contributed by atoms with E-state index in [1.165, 1.54) is 16.4 Å². The van der Waals surface area contributed by atoms with Gasteiger partial charge in [0.25, 0.3) is 0 Å². The van der Waals surface area contributed by atoms with E-state index in [1.54, 1.807) is 30.8 Å². The van der Waals surface area contributed by atoms with Crippen molar-refractivity contribution in [3.05, 3.63) is 48.2 Å². The molecule has 1 aromatic carbocycles. The highest BCUT2D eigenvalue weighted by molar-refractivity contribution is 7.89. The summed E-state index contributed by atoms with van der Waals surface area (Å²) in [5, 5.41) is 4.59. The van der Waals surface area contributed by atoms with Gasteiger partial charge in [0.1, 0.15) is 11.6 Å². The molecule has 0 amide bonds. The van der Waals surface area contributed by atoms with Gasteiger partial charge >= 0.3 is 0 Å². The summed E-state index contributed by atoms with van der Waals surface area (Å²) in [5.41, 5.74) is 2.04. The Kier molecular flexibility index (Phi) is 5.26. The Hall–Kier alpha value is -2.52. The zero-order valence-electron chi connectivity index (χ0n) is 16.4. The molecule has 0 radical (unpaired) electrons. The fraction of sp³-hybridized carbons (Fsp3) is 0.400. The smallest absolute Gasteiger partial charge is 0.213 e. The Morgan fingerprint density at radius 3 is 2.86 bits per heavy atom. The van der Waals surface area contributed by atoms with Crippen LogP contribution in [-0.4, -0.2) is 53.3 Å². The van der Waals surface area contributed by atoms with Gasteiger partial charge in [-0.2, -0.15) is 5.10 Å². The molecule has 3 aromatic rings. The number of ether oxygens (including phenoxy) is 1. The maximum Gasteiger partial charge on any atom is 0.213 e. The third kappa shape index (κ3) is 3.84. The zero-order chi connectivity index (χ0) is 20.6. The quantitative estimate of drug-likeness (QED) is 0.636. The number of rotatable bonds is 5. The van der Waals surface area contributed by atoms with E-state index in [2.05, 4.69) is 10.1 Å². The molecule has 9 heteroatoms. The lowest BCUT2D eigenvalue weighted by molar-refractivity contribution is 0.309. The van der Waals surface area contributed by atoms with E-state index in [-0.39, 0.29) is 17.5 Å². The Morgan fingerprint density at radius 1 is 1.28 bits per heavy atom. The standard InChI is InChI=1S/C20H23FN4O3S/c1-3-29(26,27)24-10-4-5-15(12-24)20-22-19-9-6-14(13-25(19)23-20)17-11-16(21)7-8-18(17)28-2/h6-9,11,13,15H,3-5,10,12H2,1-2H3/t15-/m1/s1. The first-order chi connectivity index (χ1) is 13.9. The number of fused-ring (bicyclic) bond motifs is 1. The summed E-state index contributed by atoms with van der Waals surface area (Å²) >= 11 is 0. The summed E-state index contributed by atoms with van der Waals surface area (Å²) in [4.78, 5) is 4.60. The highest BCUT2D eigenvalue weighted by Crippen LogP contribution is 2.31. The third-order valence-electron chi connectivity index (χ3n) is 5.33. The molecule has 0 saturated carbocycles. The van der Waals surface area contributed by atoms with Crippen LogP contribution in [0.4, 0.5) is 4.39 Å². The van der Waals surface area contributed by atoms with Crippen molar-refractivity contribution in [1.82, 2.24) is 18.9 Å². The number of halogens is 1. The van der Waals surface area contributed by atoms with Crippen molar-refractivity contribution in [2.45, 2.75) is 25.7 Å². The van der Waals surface area contributed by atoms with Crippen LogP contribution in [0.25, 0.3) is 16.8 Å². The number of benzene rings is 1. The molecule has 0 N–H and O–H groups in total. The minimum absolute atomic E-state index is 0.0443. The summed E-state index contributed by atoms with van der Waals surface area (Å²) in [6.45, 7) is 2.60. The first-order valence-electron chi connectivity index (χ1n) is 9.59. The van der Waals surface area contributed by atoms with Gasteiger partial charge in [-0.3, -0.25) is 0 Å². The van der Waals surface area contributed by atoms with E-state index in [9.17, 15) is 12.8 Å². The summed E-state index contributed by atoms with van der Waals surface area (Å²) in [6.07, 6.45) is 3.41. The second kappa shape index (κ2) is 7.72. The summed E-state index contributed by atoms with van der Waals surface area (Å²) in [5.74, 6) is 0.900. The van der Waals surface area contributed by atoms with Gasteiger partial charge in [-0.15, -0.1) is 0 Å². The fourth-order valence-corrected chi connectivity index (χ4v) is 4.91. The van der Waals surface area contributed by atoms with E-state index in [0.29, 0.717) is 35.9 Å². The van der Waals surface area contributed by atoms with Gasteiger partial charge in [-0.05, 0) is 50.1 Å². The monoisotopic (exact) mass is 418 g/mol. The van der Waals surface area contributed by atoms with Gasteiger partial charge in [0, 0.05) is 36.3 Å². The van der Waals surface area contributed by atoms with Gasteiger partial charge < -0.3 is 4.74 Å². The summed E-state index contributed by atoms with van der Waals surface area (Å²) < 4.78 is 46.7. The van der Waals surface area contributed by atoms with Crippen LogP contribution in [-0.2, 0) is 10.0 Å². The van der Waals surface area contributed by atoms with Crippen molar-refractivity contribution in [3.63, 3.8) is 0 Å². The first-order valence-corrected chi connectivity index (χ1v) is 11.2. The molecular formula is C20H23FN4O3S. The number of hydrogen-bond donors (Lipinski definition) is 0.